The maximum atomic E-state index is 12.4. The Bertz CT molecular complexity index is 1010. The Balaban J connectivity index is 1.94. The first kappa shape index (κ1) is 16.8. The summed E-state index contributed by atoms with van der Waals surface area (Å²) in [6.07, 6.45) is 1.30. The van der Waals surface area contributed by atoms with E-state index in [4.69, 9.17) is 10.9 Å². The predicted octanol–water partition coefficient (Wildman–Crippen LogP) is -0.150. The minimum Gasteiger partial charge on any atom is -0.383 e. The molecule has 1 aromatic heterocycles. The van der Waals surface area contributed by atoms with Crippen LogP contribution in [0.4, 0.5) is 5.82 Å². The van der Waals surface area contributed by atoms with Crippen LogP contribution in [0.2, 0.25) is 0 Å². The lowest BCUT2D eigenvalue weighted by molar-refractivity contribution is -0.126. The highest BCUT2D eigenvalue weighted by Crippen LogP contribution is 2.21. The lowest BCUT2D eigenvalue weighted by Crippen LogP contribution is -2.28. The zero-order chi connectivity index (χ0) is 18.4. The molecule has 0 saturated heterocycles. The maximum absolute atomic E-state index is 12.4. The number of carbonyl (C=O) groups excluding carboxylic acids is 2. The van der Waals surface area contributed by atoms with Crippen LogP contribution in [-0.4, -0.2) is 40.7 Å². The number of amides is 2. The molecular formula is C14H14N6O4S. The SMILES string of the molecule is CC1=NN(C(=O)c2cnn(-c3ccc(S(N)(=O)=O)cc3)c2N)C(=O)C1. The first-order valence-corrected chi connectivity index (χ1v) is 8.61. The molecule has 2 amide bonds. The largest absolute Gasteiger partial charge is 0.383 e. The van der Waals surface area contributed by atoms with Crippen LogP contribution < -0.4 is 10.9 Å². The fourth-order valence-corrected chi connectivity index (χ4v) is 2.85. The molecule has 2 heterocycles. The van der Waals surface area contributed by atoms with Gasteiger partial charge in [0.2, 0.25) is 10.0 Å². The molecule has 0 unspecified atom stereocenters. The van der Waals surface area contributed by atoms with Crippen molar-refractivity contribution < 1.29 is 18.0 Å². The minimum absolute atomic E-state index is 0.000841. The number of hydrogen-bond donors (Lipinski definition) is 2. The molecule has 0 bridgehead atoms. The smallest absolute Gasteiger partial charge is 0.286 e. The molecule has 0 aliphatic carbocycles. The van der Waals surface area contributed by atoms with Crippen LogP contribution in [0.15, 0.2) is 40.5 Å². The van der Waals surface area contributed by atoms with Crippen molar-refractivity contribution in [2.75, 3.05) is 5.73 Å². The van der Waals surface area contributed by atoms with Crippen molar-refractivity contribution in [1.82, 2.24) is 14.8 Å². The van der Waals surface area contributed by atoms with Crippen LogP contribution in [0.3, 0.4) is 0 Å². The fourth-order valence-electron chi connectivity index (χ4n) is 2.33. The van der Waals surface area contributed by atoms with Crippen molar-refractivity contribution in [3.8, 4) is 5.69 Å². The van der Waals surface area contributed by atoms with E-state index in [1.54, 1.807) is 6.92 Å². The van der Waals surface area contributed by atoms with Crippen LogP contribution in [0.25, 0.3) is 5.69 Å². The molecule has 0 atom stereocenters. The number of primary sulfonamides is 1. The van der Waals surface area contributed by atoms with Gasteiger partial charge in [-0.25, -0.2) is 18.2 Å². The van der Waals surface area contributed by atoms with E-state index in [0.29, 0.717) is 11.4 Å². The minimum atomic E-state index is -3.82. The molecule has 1 aliphatic rings. The van der Waals surface area contributed by atoms with E-state index in [-0.39, 0.29) is 22.7 Å². The number of benzene rings is 1. The second-order valence-corrected chi connectivity index (χ2v) is 6.98. The van der Waals surface area contributed by atoms with Crippen molar-refractivity contribution in [3.63, 3.8) is 0 Å². The van der Waals surface area contributed by atoms with Gasteiger partial charge in [-0.1, -0.05) is 0 Å². The number of imide groups is 1. The first-order chi connectivity index (χ1) is 11.7. The van der Waals surface area contributed by atoms with Gasteiger partial charge >= 0.3 is 0 Å². The van der Waals surface area contributed by atoms with E-state index in [0.717, 1.165) is 5.01 Å². The number of aromatic nitrogens is 2. The van der Waals surface area contributed by atoms with E-state index >= 15 is 0 Å². The molecule has 0 saturated carbocycles. The standard InChI is InChI=1S/C14H14N6O4S/c1-8-6-12(21)20(18-8)14(22)11-7-17-19(13(11)15)9-2-4-10(5-3-9)25(16,23)24/h2-5,7H,6,15H2,1H3,(H2,16,23,24). The highest BCUT2D eigenvalue weighted by Gasteiger charge is 2.31. The van der Waals surface area contributed by atoms with Gasteiger partial charge in [0.05, 0.1) is 23.2 Å². The summed E-state index contributed by atoms with van der Waals surface area (Å²) in [5, 5.41) is 13.7. The van der Waals surface area contributed by atoms with Gasteiger partial charge < -0.3 is 5.73 Å². The van der Waals surface area contributed by atoms with E-state index in [9.17, 15) is 18.0 Å². The molecular weight excluding hydrogens is 348 g/mol. The lowest BCUT2D eigenvalue weighted by Gasteiger charge is -2.09. The molecule has 1 aliphatic heterocycles. The molecule has 0 fully saturated rings. The van der Waals surface area contributed by atoms with Crippen LogP contribution in [0, 0.1) is 0 Å². The zero-order valence-electron chi connectivity index (χ0n) is 13.1. The van der Waals surface area contributed by atoms with E-state index < -0.39 is 21.8 Å². The molecule has 0 spiro atoms. The lowest BCUT2D eigenvalue weighted by atomic mass is 10.2. The molecule has 11 heteroatoms. The Morgan fingerprint density at radius 2 is 1.88 bits per heavy atom. The van der Waals surface area contributed by atoms with Crippen LogP contribution in [-0.2, 0) is 14.8 Å². The number of nitrogens with two attached hydrogens (primary N) is 2. The van der Waals surface area contributed by atoms with Gasteiger partial charge in [-0.05, 0) is 31.2 Å². The summed E-state index contributed by atoms with van der Waals surface area (Å²) in [7, 11) is -3.82. The van der Waals surface area contributed by atoms with Crippen molar-refractivity contribution in [2.45, 2.75) is 18.2 Å². The summed E-state index contributed by atoms with van der Waals surface area (Å²) in [6.45, 7) is 1.64. The average molecular weight is 362 g/mol. The van der Waals surface area contributed by atoms with E-state index in [1.807, 2.05) is 0 Å². The fraction of sp³-hybridized carbons (Fsp3) is 0.143. The van der Waals surface area contributed by atoms with Crippen molar-refractivity contribution in [2.24, 2.45) is 10.2 Å². The first-order valence-electron chi connectivity index (χ1n) is 7.06. The molecule has 2 aromatic rings. The molecule has 10 nitrogen and oxygen atoms in total. The number of anilines is 1. The number of nitrogen functional groups attached to an aromatic ring is 1. The summed E-state index contributed by atoms with van der Waals surface area (Å²) in [6, 6.07) is 5.48. The summed E-state index contributed by atoms with van der Waals surface area (Å²) < 4.78 is 23.8. The topological polar surface area (TPSA) is 154 Å². The summed E-state index contributed by atoms with van der Waals surface area (Å²) in [5.74, 6) is -1.11. The molecule has 0 radical (unpaired) electrons. The highest BCUT2D eigenvalue weighted by molar-refractivity contribution is 7.89. The second-order valence-electron chi connectivity index (χ2n) is 5.42. The Labute approximate surface area is 142 Å². The third-order valence-corrected chi connectivity index (χ3v) is 4.48. The number of hydrazone groups is 1. The third kappa shape index (κ3) is 3.02. The molecule has 25 heavy (non-hydrogen) atoms. The second kappa shape index (κ2) is 5.79. The number of sulfonamides is 1. The molecule has 1 aromatic carbocycles. The van der Waals surface area contributed by atoms with E-state index in [2.05, 4.69) is 10.2 Å². The molecule has 4 N–H and O–H groups in total. The van der Waals surface area contributed by atoms with Gasteiger partial charge in [-0.2, -0.15) is 15.2 Å². The Morgan fingerprint density at radius 1 is 1.24 bits per heavy atom. The Kier molecular flexibility index (Phi) is 3.89. The van der Waals surface area contributed by atoms with Crippen molar-refractivity contribution in [3.05, 3.63) is 36.0 Å². The third-order valence-electron chi connectivity index (χ3n) is 3.55. The van der Waals surface area contributed by atoms with Gasteiger partial charge in [0.1, 0.15) is 11.4 Å². The summed E-state index contributed by atoms with van der Waals surface area (Å²) in [5.41, 5.74) is 6.93. The molecule has 3 rings (SSSR count). The van der Waals surface area contributed by atoms with Crippen molar-refractivity contribution in [1.29, 1.82) is 0 Å². The van der Waals surface area contributed by atoms with Gasteiger partial charge in [-0.3, -0.25) is 9.59 Å². The summed E-state index contributed by atoms with van der Waals surface area (Å²) >= 11 is 0. The number of nitrogens with zero attached hydrogens (tertiary/aromatic N) is 4. The normalized spacial score (nSPS) is 14.7. The van der Waals surface area contributed by atoms with Gasteiger partial charge in [0.25, 0.3) is 11.8 Å². The summed E-state index contributed by atoms with van der Waals surface area (Å²) in [4.78, 5) is 24.1. The van der Waals surface area contributed by atoms with Gasteiger partial charge in [0.15, 0.2) is 0 Å². The predicted molar refractivity (Wildman–Crippen MR) is 88.3 cm³/mol. The van der Waals surface area contributed by atoms with Gasteiger partial charge in [-0.15, -0.1) is 0 Å². The maximum Gasteiger partial charge on any atom is 0.286 e. The number of hydrogen-bond acceptors (Lipinski definition) is 7. The van der Waals surface area contributed by atoms with E-state index in [1.165, 1.54) is 35.1 Å². The quantitative estimate of drug-likeness (QED) is 0.724. The van der Waals surface area contributed by atoms with Crippen LogP contribution in [0.1, 0.15) is 23.7 Å². The van der Waals surface area contributed by atoms with Crippen molar-refractivity contribution >= 4 is 33.4 Å². The number of carbonyl (C=O) groups is 2. The Hall–Kier alpha value is -3.05. The highest BCUT2D eigenvalue weighted by atomic mass is 32.2. The van der Waals surface area contributed by atoms with Crippen LogP contribution in [0.5, 0.6) is 0 Å². The molecule has 130 valence electrons. The van der Waals surface area contributed by atoms with Gasteiger partial charge in [0, 0.05) is 5.71 Å². The average Bonchev–Trinajstić information content (AvgIpc) is 3.08. The van der Waals surface area contributed by atoms with Crippen LogP contribution >= 0.6 is 0 Å². The Morgan fingerprint density at radius 3 is 2.40 bits per heavy atom. The monoisotopic (exact) mass is 362 g/mol. The zero-order valence-corrected chi connectivity index (χ0v) is 13.9. The number of rotatable bonds is 3.